The van der Waals surface area contributed by atoms with E-state index in [9.17, 15) is 9.59 Å². The van der Waals surface area contributed by atoms with Crippen molar-refractivity contribution >= 4 is 23.3 Å². The number of benzene rings is 2. The highest BCUT2D eigenvalue weighted by atomic mass is 32.2. The lowest BCUT2D eigenvalue weighted by molar-refractivity contribution is -0.118. The first-order valence-electron chi connectivity index (χ1n) is 9.62. The maximum atomic E-state index is 12.4. The van der Waals surface area contributed by atoms with Gasteiger partial charge in [-0.05, 0) is 30.2 Å². The molecule has 31 heavy (non-hydrogen) atoms. The average Bonchev–Trinajstić information content (AvgIpc) is 3.16. The molecule has 2 heterocycles. The molecule has 8 nitrogen and oxygen atoms in total. The molecule has 0 aliphatic carbocycles. The predicted octanol–water partition coefficient (Wildman–Crippen LogP) is 2.81. The number of H-pyrrole nitrogens is 1. The maximum Gasteiger partial charge on any atom is 0.266 e. The van der Waals surface area contributed by atoms with Crippen molar-refractivity contribution in [1.82, 2.24) is 24.9 Å². The third-order valence-corrected chi connectivity index (χ3v) is 5.61. The summed E-state index contributed by atoms with van der Waals surface area (Å²) in [6.45, 7) is 2.37. The molecule has 9 heteroatoms. The monoisotopic (exact) mass is 435 g/mol. The number of hydrogen-bond donors (Lipinski definition) is 2. The second-order valence-corrected chi connectivity index (χ2v) is 7.82. The van der Waals surface area contributed by atoms with Gasteiger partial charge in [-0.2, -0.15) is 0 Å². The number of carbonyl (C=O) groups is 1. The topological polar surface area (TPSA) is 101 Å². The summed E-state index contributed by atoms with van der Waals surface area (Å²) in [5, 5.41) is 6.06. The van der Waals surface area contributed by atoms with E-state index in [4.69, 9.17) is 4.74 Å². The minimum absolute atomic E-state index is 0.142. The Balaban J connectivity index is 1.51. The van der Waals surface area contributed by atoms with Gasteiger partial charge in [0.2, 0.25) is 5.91 Å². The Bertz CT molecular complexity index is 1300. The normalized spacial score (nSPS) is 10.9. The lowest BCUT2D eigenvalue weighted by Crippen LogP contribution is -2.24. The van der Waals surface area contributed by atoms with Crippen LogP contribution in [0.1, 0.15) is 11.1 Å². The van der Waals surface area contributed by atoms with Crippen molar-refractivity contribution in [1.29, 1.82) is 0 Å². The molecule has 0 aliphatic rings. The number of carbonyl (C=O) groups excluding carboxylic acids is 1. The van der Waals surface area contributed by atoms with E-state index in [2.05, 4.69) is 20.4 Å². The number of ether oxygens (including phenoxy) is 1. The first-order chi connectivity index (χ1) is 15.0. The van der Waals surface area contributed by atoms with E-state index in [0.29, 0.717) is 23.2 Å². The number of methoxy groups -OCH3 is 1. The second kappa shape index (κ2) is 9.05. The fourth-order valence-corrected chi connectivity index (χ4v) is 3.87. The van der Waals surface area contributed by atoms with Crippen molar-refractivity contribution in [2.75, 3.05) is 12.9 Å². The van der Waals surface area contributed by atoms with Gasteiger partial charge in [0.15, 0.2) is 16.6 Å². The molecule has 0 spiro atoms. The van der Waals surface area contributed by atoms with E-state index < -0.39 is 0 Å². The number of aryl methyl sites for hydroxylation is 1. The van der Waals surface area contributed by atoms with Crippen molar-refractivity contribution in [2.45, 2.75) is 18.6 Å². The number of fused-ring (bicyclic) bond motifs is 1. The summed E-state index contributed by atoms with van der Waals surface area (Å²) in [7, 11) is 1.60. The lowest BCUT2D eigenvalue weighted by atomic mass is 10.1. The number of rotatable bonds is 7. The molecule has 0 aliphatic heterocycles. The zero-order valence-corrected chi connectivity index (χ0v) is 17.9. The summed E-state index contributed by atoms with van der Waals surface area (Å²) in [5.74, 6) is 1.25. The first kappa shape index (κ1) is 20.7. The van der Waals surface area contributed by atoms with Crippen LogP contribution in [0.5, 0.6) is 5.75 Å². The minimum atomic E-state index is -0.277. The molecule has 2 aromatic heterocycles. The van der Waals surface area contributed by atoms with Gasteiger partial charge in [-0.3, -0.25) is 14.7 Å². The van der Waals surface area contributed by atoms with E-state index in [1.54, 1.807) is 7.11 Å². The Labute approximate surface area is 182 Å². The van der Waals surface area contributed by atoms with Crippen molar-refractivity contribution in [3.63, 3.8) is 0 Å². The van der Waals surface area contributed by atoms with Gasteiger partial charge in [0.25, 0.3) is 5.56 Å². The second-order valence-electron chi connectivity index (χ2n) is 6.88. The molecule has 0 radical (unpaired) electrons. The van der Waals surface area contributed by atoms with Gasteiger partial charge in [-0.25, -0.2) is 14.5 Å². The summed E-state index contributed by atoms with van der Waals surface area (Å²) >= 11 is 1.23. The zero-order valence-electron chi connectivity index (χ0n) is 17.1. The van der Waals surface area contributed by atoms with Crippen LogP contribution in [0.3, 0.4) is 0 Å². The zero-order chi connectivity index (χ0) is 21.8. The quantitative estimate of drug-likeness (QED) is 0.433. The molecule has 0 atom stereocenters. The molecular weight excluding hydrogens is 414 g/mol. The summed E-state index contributed by atoms with van der Waals surface area (Å²) in [4.78, 5) is 33.4. The molecule has 4 aromatic rings. The van der Waals surface area contributed by atoms with Gasteiger partial charge in [-0.1, -0.05) is 48.2 Å². The highest BCUT2D eigenvalue weighted by molar-refractivity contribution is 7.99. The highest BCUT2D eigenvalue weighted by Gasteiger charge is 2.14. The third kappa shape index (κ3) is 4.77. The average molecular weight is 436 g/mol. The molecule has 0 unspecified atom stereocenters. The summed E-state index contributed by atoms with van der Waals surface area (Å²) in [6, 6.07) is 16.7. The lowest BCUT2D eigenvalue weighted by Gasteiger charge is -2.09. The van der Waals surface area contributed by atoms with Gasteiger partial charge < -0.3 is 10.1 Å². The van der Waals surface area contributed by atoms with Crippen molar-refractivity contribution in [3.8, 4) is 17.1 Å². The number of nitrogens with one attached hydrogen (secondary N) is 2. The molecular formula is C22H21N5O3S. The maximum absolute atomic E-state index is 12.4. The van der Waals surface area contributed by atoms with E-state index in [1.165, 1.54) is 22.3 Å². The number of aromatic nitrogens is 4. The standard InChI is InChI=1S/C22H21N5O3S/c1-14-6-3-4-9-17(14)21-24-18-11-19(28)26-27(18)22(25-21)31-13-20(29)23-12-15-7-5-8-16(10-15)30-2/h3-11H,12-13H2,1-2H3,(H,23,29)(H,26,28). The summed E-state index contributed by atoms with van der Waals surface area (Å²) in [6.07, 6.45) is 0. The molecule has 0 saturated heterocycles. The third-order valence-electron chi connectivity index (χ3n) is 4.67. The van der Waals surface area contributed by atoms with Gasteiger partial charge in [0, 0.05) is 18.2 Å². The Kier molecular flexibility index (Phi) is 6.03. The SMILES string of the molecule is COc1cccc(CNC(=O)CSc2nc(-c3ccccc3C)nc3cc(=O)[nH]n23)c1. The van der Waals surface area contributed by atoms with Crippen LogP contribution in [0, 0.1) is 6.92 Å². The van der Waals surface area contributed by atoms with Crippen LogP contribution in [-0.2, 0) is 11.3 Å². The van der Waals surface area contributed by atoms with Gasteiger partial charge in [0.1, 0.15) is 5.75 Å². The Morgan fingerprint density at radius 2 is 2.00 bits per heavy atom. The van der Waals surface area contributed by atoms with Crippen LogP contribution in [0.2, 0.25) is 0 Å². The molecule has 0 bridgehead atoms. The predicted molar refractivity (Wildman–Crippen MR) is 119 cm³/mol. The van der Waals surface area contributed by atoms with Crippen molar-refractivity contribution in [3.05, 3.63) is 76.1 Å². The van der Waals surface area contributed by atoms with Crippen LogP contribution in [-0.4, -0.2) is 38.4 Å². The van der Waals surface area contributed by atoms with Crippen LogP contribution in [0.15, 0.2) is 64.5 Å². The van der Waals surface area contributed by atoms with Crippen molar-refractivity contribution < 1.29 is 9.53 Å². The van der Waals surface area contributed by atoms with Crippen LogP contribution >= 0.6 is 11.8 Å². The molecule has 2 N–H and O–H groups in total. The number of thioether (sulfide) groups is 1. The number of hydrogen-bond acceptors (Lipinski definition) is 6. The van der Waals surface area contributed by atoms with Crippen LogP contribution in [0.4, 0.5) is 0 Å². The van der Waals surface area contributed by atoms with Gasteiger partial charge in [-0.15, -0.1) is 0 Å². The van der Waals surface area contributed by atoms with Gasteiger partial charge in [0.05, 0.1) is 12.9 Å². The van der Waals surface area contributed by atoms with E-state index in [1.807, 2.05) is 55.5 Å². The minimum Gasteiger partial charge on any atom is -0.497 e. The molecule has 158 valence electrons. The van der Waals surface area contributed by atoms with E-state index in [0.717, 1.165) is 22.4 Å². The highest BCUT2D eigenvalue weighted by Crippen LogP contribution is 2.23. The Hall–Kier alpha value is -3.59. The summed E-state index contributed by atoms with van der Waals surface area (Å²) in [5.41, 5.74) is 3.02. The summed E-state index contributed by atoms with van der Waals surface area (Å²) < 4.78 is 6.71. The molecule has 0 saturated carbocycles. The molecule has 4 rings (SSSR count). The molecule has 2 aromatic carbocycles. The van der Waals surface area contributed by atoms with E-state index in [-0.39, 0.29) is 17.2 Å². The fourth-order valence-electron chi connectivity index (χ4n) is 3.09. The first-order valence-corrected chi connectivity index (χ1v) is 10.6. The van der Waals surface area contributed by atoms with E-state index >= 15 is 0 Å². The molecule has 1 amide bonds. The van der Waals surface area contributed by atoms with Gasteiger partial charge >= 0.3 is 0 Å². The smallest absolute Gasteiger partial charge is 0.266 e. The Morgan fingerprint density at radius 1 is 1.16 bits per heavy atom. The van der Waals surface area contributed by atoms with Crippen LogP contribution in [0.25, 0.3) is 17.0 Å². The van der Waals surface area contributed by atoms with Crippen LogP contribution < -0.4 is 15.6 Å². The Morgan fingerprint density at radius 3 is 2.81 bits per heavy atom. The van der Waals surface area contributed by atoms with Crippen molar-refractivity contribution in [2.24, 2.45) is 0 Å². The largest absolute Gasteiger partial charge is 0.497 e. The number of amides is 1. The molecule has 0 fully saturated rings. The number of aromatic amines is 1. The number of nitrogens with zero attached hydrogens (tertiary/aromatic N) is 3. The fraction of sp³-hybridized carbons (Fsp3) is 0.182.